The molecule has 1 aromatic heterocycles. The molecule has 1 aliphatic rings. The second-order valence-corrected chi connectivity index (χ2v) is 7.99. The third-order valence-corrected chi connectivity index (χ3v) is 4.85. The van der Waals surface area contributed by atoms with E-state index >= 15 is 0 Å². The number of amides is 1. The minimum Gasteiger partial charge on any atom is -0.444 e. The molecule has 0 bridgehead atoms. The van der Waals surface area contributed by atoms with Gasteiger partial charge in [-0.25, -0.2) is 9.78 Å². The number of nitro benzene ring substituents is 1. The molecule has 1 aromatic carbocycles. The van der Waals surface area contributed by atoms with Crippen LogP contribution in [0.2, 0.25) is 0 Å². The van der Waals surface area contributed by atoms with Crippen molar-refractivity contribution in [1.82, 2.24) is 10.3 Å². The van der Waals surface area contributed by atoms with Crippen molar-refractivity contribution in [3.63, 3.8) is 0 Å². The molecule has 9 heteroatoms. The molecular weight excluding hydrogens is 344 g/mol. The minimum atomic E-state index is -0.524. The number of ether oxygens (including phenoxy) is 1. The summed E-state index contributed by atoms with van der Waals surface area (Å²) >= 11 is 1.49. The lowest BCUT2D eigenvalue weighted by Gasteiger charge is -2.21. The number of carbonyl (C=O) groups excluding carboxylic acids is 1. The molecule has 0 radical (unpaired) electrons. The summed E-state index contributed by atoms with van der Waals surface area (Å²) in [5.41, 5.74) is 0.136. The van der Waals surface area contributed by atoms with E-state index in [-0.39, 0.29) is 11.7 Å². The average Bonchev–Trinajstić information content (AvgIpc) is 3.10. The Balaban J connectivity index is 1.66. The van der Waals surface area contributed by atoms with E-state index < -0.39 is 16.6 Å². The molecular formula is C16H20N4O4S. The molecule has 1 amide bonds. The molecule has 0 spiro atoms. The highest BCUT2D eigenvalue weighted by atomic mass is 32.1. The zero-order valence-electron chi connectivity index (χ0n) is 14.3. The molecule has 0 aliphatic carbocycles. The van der Waals surface area contributed by atoms with Gasteiger partial charge >= 0.3 is 6.09 Å². The van der Waals surface area contributed by atoms with Gasteiger partial charge in [0.05, 0.1) is 21.2 Å². The zero-order chi connectivity index (χ0) is 18.2. The lowest BCUT2D eigenvalue weighted by atomic mass is 10.2. The van der Waals surface area contributed by atoms with Gasteiger partial charge < -0.3 is 15.0 Å². The molecule has 1 N–H and O–H groups in total. The maximum absolute atomic E-state index is 11.9. The number of hydrogen-bond donors (Lipinski definition) is 1. The Morgan fingerprint density at radius 2 is 2.24 bits per heavy atom. The van der Waals surface area contributed by atoms with Gasteiger partial charge in [-0.2, -0.15) is 0 Å². The Hall–Kier alpha value is -2.42. The molecule has 2 aromatic rings. The molecule has 8 nitrogen and oxygen atoms in total. The van der Waals surface area contributed by atoms with E-state index in [4.69, 9.17) is 4.74 Å². The number of benzene rings is 1. The van der Waals surface area contributed by atoms with E-state index in [0.29, 0.717) is 12.1 Å². The van der Waals surface area contributed by atoms with E-state index in [1.807, 2.05) is 20.8 Å². The SMILES string of the molecule is CC(C)(C)OC(=O)N[C@H]1CCN(c2nc3cc([N+](=O)[O-])ccc3s2)C1. The second-order valence-electron chi connectivity index (χ2n) is 6.98. The Morgan fingerprint density at radius 1 is 1.48 bits per heavy atom. The first-order valence-corrected chi connectivity index (χ1v) is 8.82. The van der Waals surface area contributed by atoms with Crippen molar-refractivity contribution >= 4 is 38.5 Å². The number of nitrogens with one attached hydrogen (secondary N) is 1. The summed E-state index contributed by atoms with van der Waals surface area (Å²) in [7, 11) is 0. The maximum atomic E-state index is 11.9. The molecule has 0 saturated carbocycles. The first kappa shape index (κ1) is 17.4. The molecule has 3 rings (SSSR count). The summed E-state index contributed by atoms with van der Waals surface area (Å²) in [6, 6.07) is 4.69. The van der Waals surface area contributed by atoms with Crippen molar-refractivity contribution in [3.8, 4) is 0 Å². The number of alkyl carbamates (subject to hydrolysis) is 1. The Morgan fingerprint density at radius 3 is 2.92 bits per heavy atom. The second kappa shape index (κ2) is 6.47. The summed E-state index contributed by atoms with van der Waals surface area (Å²) in [6.45, 7) is 6.89. The van der Waals surface area contributed by atoms with Gasteiger partial charge in [-0.3, -0.25) is 10.1 Å². The van der Waals surface area contributed by atoms with Gasteiger partial charge in [0.15, 0.2) is 5.13 Å². The number of rotatable bonds is 3. The fourth-order valence-electron chi connectivity index (χ4n) is 2.68. The highest BCUT2D eigenvalue weighted by Crippen LogP contribution is 2.32. The standard InChI is InChI=1S/C16H20N4O4S/c1-16(2,3)24-15(21)17-10-6-7-19(9-10)14-18-12-8-11(20(22)23)4-5-13(12)25-14/h4-5,8,10H,6-7,9H2,1-3H3,(H,17,21)/t10-/m0/s1. The van der Waals surface area contributed by atoms with Crippen LogP contribution in [0.1, 0.15) is 27.2 Å². The number of fused-ring (bicyclic) bond motifs is 1. The number of nitrogens with zero attached hydrogens (tertiary/aromatic N) is 3. The van der Waals surface area contributed by atoms with Gasteiger partial charge in [0.2, 0.25) is 0 Å². The topological polar surface area (TPSA) is 97.6 Å². The zero-order valence-corrected chi connectivity index (χ0v) is 15.1. The van der Waals surface area contributed by atoms with Crippen molar-refractivity contribution in [2.75, 3.05) is 18.0 Å². The van der Waals surface area contributed by atoms with Crippen molar-refractivity contribution in [2.24, 2.45) is 0 Å². The molecule has 1 saturated heterocycles. The number of non-ortho nitro benzene ring substituents is 1. The highest BCUT2D eigenvalue weighted by Gasteiger charge is 2.28. The predicted molar refractivity (Wildman–Crippen MR) is 96.3 cm³/mol. The van der Waals surface area contributed by atoms with Crippen LogP contribution in [0, 0.1) is 10.1 Å². The van der Waals surface area contributed by atoms with Crippen molar-refractivity contribution in [1.29, 1.82) is 0 Å². The number of hydrogen-bond acceptors (Lipinski definition) is 7. The van der Waals surface area contributed by atoms with E-state index in [9.17, 15) is 14.9 Å². The van der Waals surface area contributed by atoms with E-state index in [1.54, 1.807) is 6.07 Å². The number of aromatic nitrogens is 1. The van der Waals surface area contributed by atoms with Crippen LogP contribution in [0.3, 0.4) is 0 Å². The van der Waals surface area contributed by atoms with Gasteiger partial charge in [0.1, 0.15) is 5.60 Å². The largest absolute Gasteiger partial charge is 0.444 e. The Bertz CT molecular complexity index is 814. The fourth-order valence-corrected chi connectivity index (χ4v) is 3.66. The van der Waals surface area contributed by atoms with E-state index in [2.05, 4.69) is 15.2 Å². The summed E-state index contributed by atoms with van der Waals surface area (Å²) < 4.78 is 6.19. The minimum absolute atomic E-state index is 0.00352. The first-order chi connectivity index (χ1) is 11.7. The number of anilines is 1. The van der Waals surface area contributed by atoms with Crippen LogP contribution < -0.4 is 10.2 Å². The number of carbonyl (C=O) groups is 1. The molecule has 2 heterocycles. The van der Waals surface area contributed by atoms with Crippen LogP contribution in [0.5, 0.6) is 0 Å². The van der Waals surface area contributed by atoms with Crippen LogP contribution in [0.25, 0.3) is 10.2 Å². The Labute approximate surface area is 148 Å². The molecule has 0 unspecified atom stereocenters. The van der Waals surface area contributed by atoms with Crippen molar-refractivity contribution in [2.45, 2.75) is 38.8 Å². The molecule has 1 aliphatic heterocycles. The lowest BCUT2D eigenvalue weighted by molar-refractivity contribution is -0.384. The smallest absolute Gasteiger partial charge is 0.407 e. The fraction of sp³-hybridized carbons (Fsp3) is 0.500. The molecule has 1 atom stereocenters. The highest BCUT2D eigenvalue weighted by molar-refractivity contribution is 7.22. The van der Waals surface area contributed by atoms with E-state index in [0.717, 1.165) is 22.8 Å². The van der Waals surface area contributed by atoms with Gasteiger partial charge in [-0.15, -0.1) is 0 Å². The average molecular weight is 364 g/mol. The van der Waals surface area contributed by atoms with Crippen LogP contribution >= 0.6 is 11.3 Å². The third kappa shape index (κ3) is 4.16. The quantitative estimate of drug-likeness (QED) is 0.663. The van der Waals surface area contributed by atoms with Crippen LogP contribution in [-0.4, -0.2) is 40.7 Å². The maximum Gasteiger partial charge on any atom is 0.407 e. The summed E-state index contributed by atoms with van der Waals surface area (Å²) in [4.78, 5) is 28.9. The number of nitro groups is 1. The summed E-state index contributed by atoms with van der Waals surface area (Å²) in [5, 5.41) is 14.6. The van der Waals surface area contributed by atoms with Gasteiger partial charge in [0.25, 0.3) is 5.69 Å². The predicted octanol–water partition coefficient (Wildman–Crippen LogP) is 3.31. The van der Waals surface area contributed by atoms with Gasteiger partial charge in [-0.05, 0) is 33.3 Å². The lowest BCUT2D eigenvalue weighted by Crippen LogP contribution is -2.40. The summed E-state index contributed by atoms with van der Waals surface area (Å²) in [6.07, 6.45) is 0.384. The van der Waals surface area contributed by atoms with Crippen LogP contribution in [0.4, 0.5) is 15.6 Å². The number of thiazole rings is 1. The van der Waals surface area contributed by atoms with Crippen LogP contribution in [-0.2, 0) is 4.74 Å². The van der Waals surface area contributed by atoms with Crippen molar-refractivity contribution in [3.05, 3.63) is 28.3 Å². The van der Waals surface area contributed by atoms with Crippen LogP contribution in [0.15, 0.2) is 18.2 Å². The Kier molecular flexibility index (Phi) is 4.51. The van der Waals surface area contributed by atoms with E-state index in [1.165, 1.54) is 23.5 Å². The molecule has 25 heavy (non-hydrogen) atoms. The molecule has 134 valence electrons. The van der Waals surface area contributed by atoms with Gasteiger partial charge in [-0.1, -0.05) is 11.3 Å². The first-order valence-electron chi connectivity index (χ1n) is 8.01. The molecule has 1 fully saturated rings. The van der Waals surface area contributed by atoms with Gasteiger partial charge in [0, 0.05) is 25.2 Å². The summed E-state index contributed by atoms with van der Waals surface area (Å²) in [5.74, 6) is 0. The monoisotopic (exact) mass is 364 g/mol. The third-order valence-electron chi connectivity index (χ3n) is 3.75. The normalized spacial score (nSPS) is 17.7. The van der Waals surface area contributed by atoms with Crippen molar-refractivity contribution < 1.29 is 14.5 Å².